The summed E-state index contributed by atoms with van der Waals surface area (Å²) in [4.78, 5) is 15.9. The molecule has 0 amide bonds. The van der Waals surface area contributed by atoms with Gasteiger partial charge in [0.15, 0.2) is 17.5 Å². The fourth-order valence-electron chi connectivity index (χ4n) is 10.7. The minimum absolute atomic E-state index is 0.228. The highest BCUT2D eigenvalue weighted by Gasteiger charge is 2.53. The van der Waals surface area contributed by atoms with Gasteiger partial charge in [-0.2, -0.15) is 0 Å². The Balaban J connectivity index is 1.09. The van der Waals surface area contributed by atoms with Crippen molar-refractivity contribution in [2.75, 3.05) is 0 Å². The maximum absolute atomic E-state index is 5.39. The molecule has 0 unspecified atom stereocenters. The molecule has 0 saturated carbocycles. The van der Waals surface area contributed by atoms with Gasteiger partial charge in [0.1, 0.15) is 0 Å². The fraction of sp³-hybridized carbons (Fsp3) is 0.0678. The summed E-state index contributed by atoms with van der Waals surface area (Å²) in [6.07, 6.45) is 0. The lowest BCUT2D eigenvalue weighted by molar-refractivity contribution is 0.563. The number of rotatable bonds is 5. The molecule has 2 aliphatic carbocycles. The summed E-state index contributed by atoms with van der Waals surface area (Å²) >= 11 is 0. The van der Waals surface area contributed by atoms with Crippen LogP contribution in [0.15, 0.2) is 212 Å². The first-order chi connectivity index (χ1) is 30.5. The zero-order valence-corrected chi connectivity index (χ0v) is 34.5. The Morgan fingerprint density at radius 3 is 1.39 bits per heavy atom. The number of fused-ring (bicyclic) bond motifs is 10. The van der Waals surface area contributed by atoms with Crippen LogP contribution >= 0.6 is 0 Å². The highest BCUT2D eigenvalue weighted by Crippen LogP contribution is 2.62. The van der Waals surface area contributed by atoms with E-state index in [0.29, 0.717) is 17.5 Å². The van der Waals surface area contributed by atoms with Crippen LogP contribution in [-0.4, -0.2) is 15.0 Å². The van der Waals surface area contributed by atoms with Crippen molar-refractivity contribution in [2.24, 2.45) is 0 Å². The van der Waals surface area contributed by atoms with Gasteiger partial charge in [-0.15, -0.1) is 0 Å². The summed E-state index contributed by atoms with van der Waals surface area (Å²) in [6.45, 7) is 4.76. The van der Waals surface area contributed by atoms with Gasteiger partial charge in [-0.05, 0) is 89.7 Å². The molecule has 1 aromatic heterocycles. The van der Waals surface area contributed by atoms with Gasteiger partial charge >= 0.3 is 0 Å². The first-order valence-corrected chi connectivity index (χ1v) is 21.4. The van der Waals surface area contributed by atoms with Crippen LogP contribution in [0.3, 0.4) is 0 Å². The van der Waals surface area contributed by atoms with E-state index in [4.69, 9.17) is 15.0 Å². The fourth-order valence-corrected chi connectivity index (χ4v) is 10.7. The summed E-state index contributed by atoms with van der Waals surface area (Å²) in [5.74, 6) is 1.91. The Morgan fingerprint density at radius 2 is 0.726 bits per heavy atom. The molecule has 0 radical (unpaired) electrons. The monoisotopic (exact) mass is 791 g/mol. The van der Waals surface area contributed by atoms with E-state index in [1.807, 2.05) is 18.2 Å². The Labute approximate surface area is 362 Å². The molecule has 12 rings (SSSR count). The van der Waals surface area contributed by atoms with Crippen molar-refractivity contribution in [1.29, 1.82) is 0 Å². The molecule has 2 aliphatic rings. The molecule has 0 aliphatic heterocycles. The maximum atomic E-state index is 5.39. The normalized spacial score (nSPS) is 13.9. The predicted molar refractivity (Wildman–Crippen MR) is 254 cm³/mol. The van der Waals surface area contributed by atoms with Gasteiger partial charge in [-0.25, -0.2) is 15.0 Å². The highest BCUT2D eigenvalue weighted by atomic mass is 15.0. The quantitative estimate of drug-likeness (QED) is 0.174. The van der Waals surface area contributed by atoms with E-state index >= 15 is 0 Å². The van der Waals surface area contributed by atoms with Crippen molar-refractivity contribution in [3.63, 3.8) is 0 Å². The first kappa shape index (κ1) is 36.1. The second-order valence-electron chi connectivity index (χ2n) is 17.1. The van der Waals surface area contributed by atoms with Crippen LogP contribution in [0.25, 0.3) is 78.3 Å². The lowest BCUT2D eigenvalue weighted by atomic mass is 9.55. The zero-order valence-electron chi connectivity index (χ0n) is 34.5. The highest BCUT2D eigenvalue weighted by molar-refractivity contribution is 6.04. The molecule has 0 atom stereocenters. The van der Waals surface area contributed by atoms with Crippen molar-refractivity contribution in [1.82, 2.24) is 15.0 Å². The number of hydrogen-bond acceptors (Lipinski definition) is 3. The van der Waals surface area contributed by atoms with Crippen molar-refractivity contribution in [3.05, 3.63) is 246 Å². The molecule has 3 heteroatoms. The van der Waals surface area contributed by atoms with Crippen LogP contribution < -0.4 is 0 Å². The number of nitrogens with zero attached hydrogens (tertiary/aromatic N) is 3. The average molecular weight is 792 g/mol. The average Bonchev–Trinajstić information content (AvgIpc) is 3.64. The van der Waals surface area contributed by atoms with Crippen LogP contribution in [0, 0.1) is 0 Å². The van der Waals surface area contributed by atoms with E-state index in [9.17, 15) is 0 Å². The molecular formula is C59H41N3. The molecule has 62 heavy (non-hydrogen) atoms. The summed E-state index contributed by atoms with van der Waals surface area (Å²) < 4.78 is 0. The molecule has 9 aromatic carbocycles. The predicted octanol–water partition coefficient (Wildman–Crippen LogP) is 14.4. The first-order valence-electron chi connectivity index (χ1n) is 21.4. The molecule has 0 saturated heterocycles. The zero-order chi connectivity index (χ0) is 41.4. The molecule has 1 spiro atoms. The Morgan fingerprint density at radius 1 is 0.274 bits per heavy atom. The lowest BCUT2D eigenvalue weighted by Crippen LogP contribution is -2.40. The molecular weight excluding hydrogens is 751 g/mol. The second-order valence-corrected chi connectivity index (χ2v) is 17.1. The number of benzene rings is 9. The topological polar surface area (TPSA) is 38.7 Å². The Kier molecular flexibility index (Phi) is 8.10. The molecule has 292 valence electrons. The summed E-state index contributed by atoms with van der Waals surface area (Å²) in [7, 11) is 0. The molecule has 1 heterocycles. The van der Waals surface area contributed by atoms with E-state index in [-0.39, 0.29) is 5.41 Å². The lowest BCUT2D eigenvalue weighted by Gasteiger charge is -2.47. The van der Waals surface area contributed by atoms with Gasteiger partial charge < -0.3 is 0 Å². The van der Waals surface area contributed by atoms with Crippen molar-refractivity contribution < 1.29 is 0 Å². The molecule has 3 nitrogen and oxygen atoms in total. The standard InChI is InChI=1S/C59H41N3/c1-58(2)51-31-17-18-32-53(51)59(49-29-15-13-26-45(49)46-27-14-16-30-50(46)59)54-37-40(33-36-52(54)58)41-23-9-12-28-47(41)56-60-55(39-21-7-4-8-22-39)61-57(62-56)48-35-34-42(38-19-5-3-6-20-38)43-24-10-11-25-44(43)48/h3-37H,1-2H3. The maximum Gasteiger partial charge on any atom is 0.164 e. The largest absolute Gasteiger partial charge is 0.208 e. The van der Waals surface area contributed by atoms with Crippen molar-refractivity contribution in [3.8, 4) is 67.5 Å². The number of aromatic nitrogens is 3. The Bertz CT molecular complexity index is 3340. The van der Waals surface area contributed by atoms with Gasteiger partial charge in [0.05, 0.1) is 5.41 Å². The molecule has 0 bridgehead atoms. The smallest absolute Gasteiger partial charge is 0.164 e. The van der Waals surface area contributed by atoms with E-state index in [2.05, 4.69) is 208 Å². The third-order valence-electron chi connectivity index (χ3n) is 13.4. The molecule has 10 aromatic rings. The van der Waals surface area contributed by atoms with Gasteiger partial charge in [-0.1, -0.05) is 214 Å². The molecule has 0 fully saturated rings. The van der Waals surface area contributed by atoms with Crippen molar-refractivity contribution >= 4 is 10.8 Å². The minimum atomic E-state index is -0.493. The van der Waals surface area contributed by atoms with E-state index in [1.165, 1.54) is 55.6 Å². The van der Waals surface area contributed by atoms with Crippen LogP contribution in [0.1, 0.15) is 47.2 Å². The number of hydrogen-bond donors (Lipinski definition) is 0. The third kappa shape index (κ3) is 5.28. The van der Waals surface area contributed by atoms with Gasteiger partial charge in [0.2, 0.25) is 0 Å². The minimum Gasteiger partial charge on any atom is -0.208 e. The second kappa shape index (κ2) is 13.9. The van der Waals surface area contributed by atoms with Crippen LogP contribution in [0.2, 0.25) is 0 Å². The summed E-state index contributed by atoms with van der Waals surface area (Å²) in [5, 5.41) is 2.25. The van der Waals surface area contributed by atoms with Gasteiger partial charge in [-0.3, -0.25) is 0 Å². The summed E-state index contributed by atoms with van der Waals surface area (Å²) in [6, 6.07) is 76.7. The third-order valence-corrected chi connectivity index (χ3v) is 13.4. The van der Waals surface area contributed by atoms with E-state index in [0.717, 1.165) is 38.6 Å². The van der Waals surface area contributed by atoms with Gasteiger partial charge in [0, 0.05) is 22.1 Å². The van der Waals surface area contributed by atoms with Crippen molar-refractivity contribution in [2.45, 2.75) is 24.7 Å². The van der Waals surface area contributed by atoms with Crippen LogP contribution in [-0.2, 0) is 10.8 Å². The Hall–Kier alpha value is -7.75. The van der Waals surface area contributed by atoms with E-state index in [1.54, 1.807) is 0 Å². The van der Waals surface area contributed by atoms with Crippen LogP contribution in [0.4, 0.5) is 0 Å². The summed E-state index contributed by atoms with van der Waals surface area (Å²) in [5.41, 5.74) is 17.3. The van der Waals surface area contributed by atoms with Crippen LogP contribution in [0.5, 0.6) is 0 Å². The SMILES string of the molecule is CC1(C)c2ccccc2C2(c3ccccc3-c3ccccc32)c2cc(-c3ccccc3-c3nc(-c4ccccc4)nc(-c4ccc(-c5ccccc5)c5ccccc45)n3)ccc21. The molecule has 0 N–H and O–H groups in total. The van der Waals surface area contributed by atoms with E-state index < -0.39 is 5.41 Å². The van der Waals surface area contributed by atoms with Gasteiger partial charge in [0.25, 0.3) is 0 Å².